The molecule has 1 saturated heterocycles. The lowest BCUT2D eigenvalue weighted by atomic mass is 10.1. The molecular formula is C24H26F2N8O. The van der Waals surface area contributed by atoms with Gasteiger partial charge in [-0.1, -0.05) is 5.21 Å². The van der Waals surface area contributed by atoms with Crippen molar-refractivity contribution in [2.75, 3.05) is 25.1 Å². The Morgan fingerprint density at radius 2 is 1.74 bits per heavy atom. The maximum absolute atomic E-state index is 14.7. The van der Waals surface area contributed by atoms with Crippen LogP contribution in [0.3, 0.4) is 0 Å². The van der Waals surface area contributed by atoms with Gasteiger partial charge in [0, 0.05) is 43.9 Å². The first-order valence-corrected chi connectivity index (χ1v) is 11.6. The number of halogens is 2. The van der Waals surface area contributed by atoms with Crippen molar-refractivity contribution >= 4 is 17.1 Å². The Morgan fingerprint density at radius 1 is 0.971 bits per heavy atom. The molecule has 6 rings (SSSR count). The second-order valence-electron chi connectivity index (χ2n) is 8.85. The van der Waals surface area contributed by atoms with Crippen LogP contribution in [-0.2, 0) is 0 Å². The van der Waals surface area contributed by atoms with Crippen LogP contribution in [0, 0.1) is 25.5 Å². The highest BCUT2D eigenvalue weighted by atomic mass is 19.1. The standard InChI is InChI=1S/C23H22F2N8.CH4O/c1-12-13(2)27-22-21(26-12)20(17-6-3-15(24)9-18(17)25)28-23(29-22)32-8-7-14(10-32)19-11-33(31-30-19)16-4-5-16;1-2/h3,6,9,11,14,16H,4-5,7-8,10H2,1-2H3;2H,1H3. The molecule has 1 aliphatic heterocycles. The molecule has 0 radical (unpaired) electrons. The summed E-state index contributed by atoms with van der Waals surface area (Å²) >= 11 is 0. The fourth-order valence-corrected chi connectivity index (χ4v) is 4.29. The van der Waals surface area contributed by atoms with Crippen LogP contribution in [-0.4, -0.2) is 60.2 Å². The van der Waals surface area contributed by atoms with Crippen molar-refractivity contribution in [3.63, 3.8) is 0 Å². The van der Waals surface area contributed by atoms with Crippen molar-refractivity contribution in [1.29, 1.82) is 0 Å². The number of anilines is 1. The van der Waals surface area contributed by atoms with Gasteiger partial charge in [0.1, 0.15) is 22.8 Å². The molecule has 1 saturated carbocycles. The van der Waals surface area contributed by atoms with Gasteiger partial charge in [0.05, 0.1) is 23.1 Å². The van der Waals surface area contributed by atoms with Crippen molar-refractivity contribution in [3.8, 4) is 11.3 Å². The zero-order valence-corrected chi connectivity index (χ0v) is 19.8. The van der Waals surface area contributed by atoms with E-state index in [1.807, 2.05) is 24.7 Å². The predicted octanol–water partition coefficient (Wildman–Crippen LogP) is 3.51. The molecule has 9 nitrogen and oxygen atoms in total. The van der Waals surface area contributed by atoms with Gasteiger partial charge < -0.3 is 10.0 Å². The molecule has 1 aromatic carbocycles. The minimum Gasteiger partial charge on any atom is -0.400 e. The maximum atomic E-state index is 14.7. The minimum absolute atomic E-state index is 0.172. The fourth-order valence-electron chi connectivity index (χ4n) is 4.29. The number of aliphatic hydroxyl groups excluding tert-OH is 1. The summed E-state index contributed by atoms with van der Waals surface area (Å²) < 4.78 is 30.2. The molecule has 11 heteroatoms. The SMILES string of the molecule is CO.Cc1nc2nc(N3CCC(c4cn(C5CC5)nn4)C3)nc(-c3ccc(F)cc3F)c2nc1C. The Morgan fingerprint density at radius 3 is 2.49 bits per heavy atom. The van der Waals surface area contributed by atoms with Crippen molar-refractivity contribution in [2.24, 2.45) is 0 Å². The number of aliphatic hydroxyl groups is 1. The Hall–Kier alpha value is -3.60. The first-order chi connectivity index (χ1) is 17.0. The summed E-state index contributed by atoms with van der Waals surface area (Å²) in [5, 5.41) is 15.7. The summed E-state index contributed by atoms with van der Waals surface area (Å²) in [7, 11) is 1.00. The molecule has 2 fully saturated rings. The van der Waals surface area contributed by atoms with Crippen LogP contribution in [0.5, 0.6) is 0 Å². The number of fused-ring (bicyclic) bond motifs is 1. The third-order valence-electron chi connectivity index (χ3n) is 6.46. The van der Waals surface area contributed by atoms with E-state index in [0.29, 0.717) is 41.1 Å². The van der Waals surface area contributed by atoms with Crippen molar-refractivity contribution in [1.82, 2.24) is 34.9 Å². The molecular weight excluding hydrogens is 454 g/mol. The summed E-state index contributed by atoms with van der Waals surface area (Å²) in [5.41, 5.74) is 3.70. The Kier molecular flexibility index (Phi) is 6.10. The largest absolute Gasteiger partial charge is 0.400 e. The van der Waals surface area contributed by atoms with E-state index in [-0.39, 0.29) is 11.5 Å². The molecule has 1 aliphatic carbocycles. The van der Waals surface area contributed by atoms with Gasteiger partial charge >= 0.3 is 0 Å². The molecule has 0 spiro atoms. The first-order valence-electron chi connectivity index (χ1n) is 11.6. The quantitative estimate of drug-likeness (QED) is 0.473. The number of hydrogen-bond donors (Lipinski definition) is 1. The number of benzene rings is 1. The molecule has 0 bridgehead atoms. The number of aryl methyl sites for hydroxylation is 2. The highest BCUT2D eigenvalue weighted by Crippen LogP contribution is 2.36. The van der Waals surface area contributed by atoms with Gasteiger partial charge in [0.15, 0.2) is 5.65 Å². The lowest BCUT2D eigenvalue weighted by Crippen LogP contribution is -2.22. The molecule has 4 heterocycles. The average molecular weight is 481 g/mol. The smallest absolute Gasteiger partial charge is 0.228 e. The van der Waals surface area contributed by atoms with Crippen LogP contribution in [0.25, 0.3) is 22.4 Å². The summed E-state index contributed by atoms with van der Waals surface area (Å²) in [6.45, 7) is 5.10. The second-order valence-corrected chi connectivity index (χ2v) is 8.85. The molecule has 0 amide bonds. The van der Waals surface area contributed by atoms with E-state index in [4.69, 9.17) is 10.1 Å². The van der Waals surface area contributed by atoms with Crippen molar-refractivity contribution in [3.05, 3.63) is 53.1 Å². The average Bonchev–Trinajstić information content (AvgIpc) is 3.37. The van der Waals surface area contributed by atoms with Gasteiger partial charge in [0.2, 0.25) is 5.95 Å². The zero-order chi connectivity index (χ0) is 24.7. The van der Waals surface area contributed by atoms with Gasteiger partial charge in [-0.3, -0.25) is 0 Å². The van der Waals surface area contributed by atoms with Gasteiger partial charge in [-0.25, -0.2) is 28.4 Å². The van der Waals surface area contributed by atoms with Crippen LogP contribution >= 0.6 is 0 Å². The predicted molar refractivity (Wildman–Crippen MR) is 126 cm³/mol. The van der Waals surface area contributed by atoms with Crippen LogP contribution < -0.4 is 4.90 Å². The Bertz CT molecular complexity index is 1390. The summed E-state index contributed by atoms with van der Waals surface area (Å²) in [4.78, 5) is 20.6. The topological polar surface area (TPSA) is 106 Å². The number of aromatic nitrogens is 7. The van der Waals surface area contributed by atoms with Gasteiger partial charge in [-0.05, 0) is 45.2 Å². The highest BCUT2D eigenvalue weighted by molar-refractivity contribution is 5.88. The third kappa shape index (κ3) is 4.43. The van der Waals surface area contributed by atoms with E-state index >= 15 is 0 Å². The second kappa shape index (κ2) is 9.21. The highest BCUT2D eigenvalue weighted by Gasteiger charge is 2.31. The molecule has 35 heavy (non-hydrogen) atoms. The number of nitrogens with zero attached hydrogens (tertiary/aromatic N) is 8. The molecule has 1 unspecified atom stereocenters. The van der Waals surface area contributed by atoms with E-state index in [0.717, 1.165) is 50.4 Å². The molecule has 3 aromatic heterocycles. The van der Waals surface area contributed by atoms with Gasteiger partial charge in [-0.2, -0.15) is 4.98 Å². The molecule has 1 N–H and O–H groups in total. The van der Waals surface area contributed by atoms with Gasteiger partial charge in [-0.15, -0.1) is 5.10 Å². The van der Waals surface area contributed by atoms with E-state index in [2.05, 4.69) is 30.2 Å². The van der Waals surface area contributed by atoms with Crippen LogP contribution in [0.2, 0.25) is 0 Å². The van der Waals surface area contributed by atoms with E-state index in [9.17, 15) is 8.78 Å². The Balaban J connectivity index is 0.00000124. The fraction of sp³-hybridized carbons (Fsp3) is 0.417. The summed E-state index contributed by atoms with van der Waals surface area (Å²) in [6, 6.07) is 3.95. The molecule has 4 aromatic rings. The number of rotatable bonds is 4. The maximum Gasteiger partial charge on any atom is 0.228 e. The summed E-state index contributed by atoms with van der Waals surface area (Å²) in [5.74, 6) is -0.670. The lowest BCUT2D eigenvalue weighted by molar-refractivity contribution is 0.399. The molecule has 1 atom stereocenters. The van der Waals surface area contributed by atoms with Crippen molar-refractivity contribution in [2.45, 2.75) is 45.1 Å². The zero-order valence-electron chi connectivity index (χ0n) is 19.8. The third-order valence-corrected chi connectivity index (χ3v) is 6.46. The Labute approximate surface area is 200 Å². The van der Waals surface area contributed by atoms with Crippen molar-refractivity contribution < 1.29 is 13.9 Å². The lowest BCUT2D eigenvalue weighted by Gasteiger charge is -2.18. The van der Waals surface area contributed by atoms with Crippen LogP contribution in [0.15, 0.2) is 24.4 Å². The van der Waals surface area contributed by atoms with E-state index < -0.39 is 11.6 Å². The molecule has 2 aliphatic rings. The molecule has 182 valence electrons. The number of hydrogen-bond acceptors (Lipinski definition) is 8. The van der Waals surface area contributed by atoms with Crippen LogP contribution in [0.4, 0.5) is 14.7 Å². The normalized spacial score (nSPS) is 17.5. The van der Waals surface area contributed by atoms with E-state index in [1.165, 1.54) is 12.1 Å². The van der Waals surface area contributed by atoms with E-state index in [1.54, 1.807) is 0 Å². The summed E-state index contributed by atoms with van der Waals surface area (Å²) in [6.07, 6.45) is 5.26. The minimum atomic E-state index is -0.697. The van der Waals surface area contributed by atoms with Crippen LogP contribution in [0.1, 0.15) is 48.3 Å². The van der Waals surface area contributed by atoms with Gasteiger partial charge in [0.25, 0.3) is 0 Å². The first kappa shape index (κ1) is 23.2. The monoisotopic (exact) mass is 480 g/mol.